The van der Waals surface area contributed by atoms with Crippen LogP contribution in [0.2, 0.25) is 0 Å². The number of fused-ring (bicyclic) bond motifs is 1. The molecule has 0 bridgehead atoms. The Morgan fingerprint density at radius 2 is 1.97 bits per heavy atom. The number of hydrogen-bond acceptors (Lipinski definition) is 7. The molecule has 1 aliphatic rings. The quantitative estimate of drug-likeness (QED) is 0.317. The van der Waals surface area contributed by atoms with Gasteiger partial charge in [0.1, 0.15) is 4.21 Å². The number of anilines is 1. The lowest BCUT2D eigenvalue weighted by atomic mass is 9.96. The highest BCUT2D eigenvalue weighted by Gasteiger charge is 2.35. The molecule has 1 saturated heterocycles. The summed E-state index contributed by atoms with van der Waals surface area (Å²) in [5.41, 5.74) is 1.60. The fourth-order valence-corrected chi connectivity index (χ4v) is 8.13. The topological polar surface area (TPSA) is 83.5 Å². The van der Waals surface area contributed by atoms with E-state index in [4.69, 9.17) is 4.98 Å². The summed E-state index contributed by atoms with van der Waals surface area (Å²) in [7, 11) is -3.51. The number of thiazole rings is 1. The van der Waals surface area contributed by atoms with Crippen LogP contribution in [-0.4, -0.2) is 41.7 Å². The van der Waals surface area contributed by atoms with Crippen LogP contribution in [0.15, 0.2) is 68.8 Å². The molecule has 4 aromatic rings. The standard InChI is InChI=1S/C23H21BrN4O3S3/c24-17-6-7-19-20(14-17)33-23(26-19)28(15-18-4-1-2-10-25-18)22(29)16-8-11-27(12-9-16)34(30,31)21-5-3-13-32-21/h1-7,10,13-14,16H,8-9,11-12,15H2. The molecule has 0 aliphatic carbocycles. The molecule has 0 N–H and O–H groups in total. The number of hydrogen-bond donors (Lipinski definition) is 0. The summed E-state index contributed by atoms with van der Waals surface area (Å²) in [6.45, 7) is 0.954. The number of carbonyl (C=O) groups excluding carboxylic acids is 1. The van der Waals surface area contributed by atoms with Crippen molar-refractivity contribution in [3.8, 4) is 0 Å². The molecule has 7 nitrogen and oxygen atoms in total. The van der Waals surface area contributed by atoms with E-state index in [2.05, 4.69) is 20.9 Å². The summed E-state index contributed by atoms with van der Waals surface area (Å²) >= 11 is 6.18. The van der Waals surface area contributed by atoms with Crippen molar-refractivity contribution < 1.29 is 13.2 Å². The number of amides is 1. The molecule has 0 atom stereocenters. The molecular formula is C23H21BrN4O3S3. The van der Waals surface area contributed by atoms with Crippen LogP contribution >= 0.6 is 38.6 Å². The fraction of sp³-hybridized carbons (Fsp3) is 0.261. The predicted molar refractivity (Wildman–Crippen MR) is 139 cm³/mol. The molecule has 0 saturated carbocycles. The van der Waals surface area contributed by atoms with E-state index < -0.39 is 10.0 Å². The second-order valence-electron chi connectivity index (χ2n) is 7.96. The minimum Gasteiger partial charge on any atom is -0.282 e. The molecule has 34 heavy (non-hydrogen) atoms. The summed E-state index contributed by atoms with van der Waals surface area (Å²) in [6, 6.07) is 14.8. The minimum atomic E-state index is -3.51. The van der Waals surface area contributed by atoms with Crippen molar-refractivity contribution in [1.82, 2.24) is 14.3 Å². The largest absolute Gasteiger partial charge is 0.282 e. The number of nitrogens with zero attached hydrogens (tertiary/aromatic N) is 4. The number of piperidine rings is 1. The highest BCUT2D eigenvalue weighted by molar-refractivity contribution is 9.10. The number of pyridine rings is 1. The zero-order valence-electron chi connectivity index (χ0n) is 18.0. The molecule has 4 heterocycles. The van der Waals surface area contributed by atoms with Gasteiger partial charge in [0.25, 0.3) is 10.0 Å². The van der Waals surface area contributed by atoms with Crippen molar-refractivity contribution in [3.05, 3.63) is 70.3 Å². The highest BCUT2D eigenvalue weighted by atomic mass is 79.9. The molecule has 1 fully saturated rings. The minimum absolute atomic E-state index is 0.0445. The Hall–Kier alpha value is -2.18. The van der Waals surface area contributed by atoms with Crippen LogP contribution in [0.4, 0.5) is 5.13 Å². The van der Waals surface area contributed by atoms with Crippen molar-refractivity contribution in [3.63, 3.8) is 0 Å². The van der Waals surface area contributed by atoms with E-state index in [0.29, 0.717) is 41.8 Å². The van der Waals surface area contributed by atoms with Crippen LogP contribution < -0.4 is 4.90 Å². The maximum atomic E-state index is 13.7. The third-order valence-corrected chi connectivity index (χ3v) is 10.6. The normalized spacial score (nSPS) is 15.6. The van der Waals surface area contributed by atoms with Crippen LogP contribution in [0.25, 0.3) is 10.2 Å². The van der Waals surface area contributed by atoms with Crippen molar-refractivity contribution in [1.29, 1.82) is 0 Å². The second-order valence-corrected chi connectivity index (χ2v) is 13.0. The number of benzene rings is 1. The molecule has 176 valence electrons. The predicted octanol–water partition coefficient (Wildman–Crippen LogP) is 5.15. The van der Waals surface area contributed by atoms with Crippen molar-refractivity contribution in [2.45, 2.75) is 23.6 Å². The molecule has 0 radical (unpaired) electrons. The fourth-order valence-electron chi connectivity index (χ4n) is 4.00. The third kappa shape index (κ3) is 4.80. The Kier molecular flexibility index (Phi) is 6.81. The number of sulfonamides is 1. The van der Waals surface area contributed by atoms with Crippen molar-refractivity contribution in [2.75, 3.05) is 18.0 Å². The van der Waals surface area contributed by atoms with Crippen LogP contribution in [-0.2, 0) is 21.4 Å². The first kappa shape index (κ1) is 23.6. The van der Waals surface area contributed by atoms with Gasteiger partial charge in [-0.25, -0.2) is 13.4 Å². The smallest absolute Gasteiger partial charge is 0.252 e. The number of aromatic nitrogens is 2. The van der Waals surface area contributed by atoms with Crippen LogP contribution in [0.3, 0.4) is 0 Å². The first-order valence-corrected chi connectivity index (χ1v) is 14.7. The van der Waals surface area contributed by atoms with E-state index in [9.17, 15) is 13.2 Å². The summed E-state index contributed by atoms with van der Waals surface area (Å²) < 4.78 is 29.5. The summed E-state index contributed by atoms with van der Waals surface area (Å²) in [5.74, 6) is -0.325. The van der Waals surface area contributed by atoms with Crippen LogP contribution in [0.1, 0.15) is 18.5 Å². The molecule has 1 aromatic carbocycles. The van der Waals surface area contributed by atoms with Gasteiger partial charge in [0.15, 0.2) is 5.13 Å². The highest BCUT2D eigenvalue weighted by Crippen LogP contribution is 2.34. The van der Waals surface area contributed by atoms with E-state index in [0.717, 1.165) is 20.4 Å². The third-order valence-electron chi connectivity index (χ3n) is 5.77. The Morgan fingerprint density at radius 1 is 1.15 bits per heavy atom. The Bertz CT molecular complexity index is 1400. The van der Waals surface area contributed by atoms with Crippen molar-refractivity contribution >= 4 is 69.9 Å². The lowest BCUT2D eigenvalue weighted by molar-refractivity contribution is -0.123. The number of carbonyl (C=O) groups is 1. The molecule has 5 rings (SSSR count). The van der Waals surface area contributed by atoms with E-state index in [1.165, 1.54) is 27.0 Å². The van der Waals surface area contributed by atoms with Gasteiger partial charge in [0.2, 0.25) is 5.91 Å². The maximum Gasteiger partial charge on any atom is 0.252 e. The number of halogens is 1. The van der Waals surface area contributed by atoms with Crippen LogP contribution in [0.5, 0.6) is 0 Å². The monoisotopic (exact) mass is 576 g/mol. The molecule has 1 aliphatic heterocycles. The molecule has 0 unspecified atom stereocenters. The van der Waals surface area contributed by atoms with Gasteiger partial charge in [-0.2, -0.15) is 4.31 Å². The molecular weight excluding hydrogens is 556 g/mol. The first-order valence-electron chi connectivity index (χ1n) is 10.7. The summed E-state index contributed by atoms with van der Waals surface area (Å²) in [4.78, 5) is 24.6. The second kappa shape index (κ2) is 9.82. The van der Waals surface area contributed by atoms with Gasteiger partial charge in [-0.3, -0.25) is 14.7 Å². The Balaban J connectivity index is 1.38. The SMILES string of the molecule is O=C(C1CCN(S(=O)(=O)c2cccs2)CC1)N(Cc1ccccn1)c1nc2ccc(Br)cc2s1. The van der Waals surface area contributed by atoms with E-state index >= 15 is 0 Å². The number of thiophene rings is 1. The molecule has 0 spiro atoms. The van der Waals surface area contributed by atoms with Gasteiger partial charge in [0, 0.05) is 29.7 Å². The average molecular weight is 578 g/mol. The van der Waals surface area contributed by atoms with Gasteiger partial charge >= 0.3 is 0 Å². The lowest BCUT2D eigenvalue weighted by Crippen LogP contribution is -2.44. The zero-order valence-corrected chi connectivity index (χ0v) is 22.0. The summed E-state index contributed by atoms with van der Waals surface area (Å²) in [6.07, 6.45) is 2.65. The molecule has 1 amide bonds. The van der Waals surface area contributed by atoms with Gasteiger partial charge in [0.05, 0.1) is 22.5 Å². The van der Waals surface area contributed by atoms with Gasteiger partial charge < -0.3 is 0 Å². The lowest BCUT2D eigenvalue weighted by Gasteiger charge is -2.32. The first-order chi connectivity index (χ1) is 16.4. The van der Waals surface area contributed by atoms with Crippen LogP contribution in [0, 0.1) is 5.92 Å². The van der Waals surface area contributed by atoms with Crippen molar-refractivity contribution in [2.24, 2.45) is 5.92 Å². The summed E-state index contributed by atoms with van der Waals surface area (Å²) in [5, 5.41) is 2.38. The Labute approximate surface area is 214 Å². The maximum absolute atomic E-state index is 13.7. The van der Waals surface area contributed by atoms with Gasteiger partial charge in [-0.05, 0) is 54.6 Å². The van der Waals surface area contributed by atoms with E-state index in [1.54, 1.807) is 28.6 Å². The van der Waals surface area contributed by atoms with Gasteiger partial charge in [-0.1, -0.05) is 39.4 Å². The Morgan fingerprint density at radius 3 is 2.68 bits per heavy atom. The number of rotatable bonds is 6. The van der Waals surface area contributed by atoms with E-state index in [-0.39, 0.29) is 11.8 Å². The molecule has 3 aromatic heterocycles. The molecule has 11 heteroatoms. The zero-order chi connectivity index (χ0) is 23.7. The average Bonchev–Trinajstić information content (AvgIpc) is 3.53. The van der Waals surface area contributed by atoms with E-state index in [1.807, 2.05) is 36.4 Å². The van der Waals surface area contributed by atoms with Gasteiger partial charge in [-0.15, -0.1) is 11.3 Å².